The van der Waals surface area contributed by atoms with Gasteiger partial charge in [0, 0.05) is 11.3 Å². The first-order chi connectivity index (χ1) is 17.1. The number of ether oxygens (including phenoxy) is 1. The third-order valence-corrected chi connectivity index (χ3v) is 19.9. The number of carbonyl (C=O) groups is 1. The smallest absolute Gasteiger partial charge is 0.338 e. The lowest BCUT2D eigenvalue weighted by molar-refractivity contribution is -0.111. The SMILES string of the molecule is CC1(C#N)C2C(OC(=O)c3ccccc3)CC3(C)C2(O[Si](C)(C)C(C)(C)C)C=CC13O[Si](C)(C)C(C)(C)C. The van der Waals surface area contributed by atoms with Gasteiger partial charge in [0.15, 0.2) is 16.6 Å². The minimum atomic E-state index is -2.32. The lowest BCUT2D eigenvalue weighted by Gasteiger charge is -2.55. The van der Waals surface area contributed by atoms with E-state index in [2.05, 4.69) is 92.9 Å². The molecular formula is C31H47NO4Si2. The van der Waals surface area contributed by atoms with Crippen LogP contribution in [0.3, 0.4) is 0 Å². The van der Waals surface area contributed by atoms with Crippen molar-refractivity contribution in [1.29, 1.82) is 5.26 Å². The maximum Gasteiger partial charge on any atom is 0.338 e. The molecule has 0 aliphatic heterocycles. The zero-order valence-corrected chi connectivity index (χ0v) is 27.5. The fraction of sp³-hybridized carbons (Fsp3) is 0.677. The van der Waals surface area contributed by atoms with Crippen molar-refractivity contribution < 1.29 is 18.4 Å². The lowest BCUT2D eigenvalue weighted by Crippen LogP contribution is -2.63. The second-order valence-corrected chi connectivity index (χ2v) is 24.7. The van der Waals surface area contributed by atoms with Crippen LogP contribution in [0, 0.1) is 28.1 Å². The Hall–Kier alpha value is -1.73. The van der Waals surface area contributed by atoms with Crippen LogP contribution in [0.5, 0.6) is 0 Å². The average molecular weight is 554 g/mol. The van der Waals surface area contributed by atoms with E-state index >= 15 is 0 Å². The molecule has 0 amide bonds. The maximum atomic E-state index is 13.3. The summed E-state index contributed by atoms with van der Waals surface area (Å²) in [7, 11) is -4.62. The van der Waals surface area contributed by atoms with E-state index < -0.39 is 44.8 Å². The van der Waals surface area contributed by atoms with Crippen molar-refractivity contribution in [3.8, 4) is 6.07 Å². The zero-order valence-electron chi connectivity index (χ0n) is 25.5. The number of carbonyl (C=O) groups excluding carboxylic acids is 1. The van der Waals surface area contributed by atoms with E-state index in [1.165, 1.54) is 0 Å². The van der Waals surface area contributed by atoms with Crippen LogP contribution in [-0.4, -0.2) is 39.9 Å². The molecule has 4 rings (SSSR count). The number of benzene rings is 1. The second kappa shape index (κ2) is 8.39. The van der Waals surface area contributed by atoms with Gasteiger partial charge in [0.1, 0.15) is 11.7 Å². The fourth-order valence-electron chi connectivity index (χ4n) is 6.87. The molecular weight excluding hydrogens is 507 g/mol. The molecule has 1 aromatic carbocycles. The van der Waals surface area contributed by atoms with Crippen LogP contribution in [0.4, 0.5) is 0 Å². The molecule has 5 nitrogen and oxygen atoms in total. The van der Waals surface area contributed by atoms with E-state index in [1.807, 2.05) is 25.1 Å². The number of hydrogen-bond acceptors (Lipinski definition) is 5. The Bertz CT molecular complexity index is 1190. The Morgan fingerprint density at radius 1 is 0.921 bits per heavy atom. The van der Waals surface area contributed by atoms with Gasteiger partial charge < -0.3 is 13.6 Å². The topological polar surface area (TPSA) is 68.5 Å². The molecule has 2 fully saturated rings. The Kier molecular flexibility index (Phi) is 6.46. The van der Waals surface area contributed by atoms with E-state index in [0.29, 0.717) is 12.0 Å². The molecule has 0 heterocycles. The van der Waals surface area contributed by atoms with E-state index in [1.54, 1.807) is 12.1 Å². The molecule has 1 aromatic rings. The van der Waals surface area contributed by atoms with Crippen molar-refractivity contribution in [1.82, 2.24) is 0 Å². The summed E-state index contributed by atoms with van der Waals surface area (Å²) in [4.78, 5) is 13.3. The summed E-state index contributed by atoms with van der Waals surface area (Å²) in [6.07, 6.45) is 4.49. The summed E-state index contributed by atoms with van der Waals surface area (Å²) in [5, 5.41) is 10.9. The highest BCUT2D eigenvalue weighted by molar-refractivity contribution is 6.74. The molecule has 0 saturated heterocycles. The van der Waals surface area contributed by atoms with Gasteiger partial charge in [-0.3, -0.25) is 0 Å². The highest BCUT2D eigenvalue weighted by Crippen LogP contribution is 2.80. The van der Waals surface area contributed by atoms with Crippen molar-refractivity contribution in [2.24, 2.45) is 16.7 Å². The van der Waals surface area contributed by atoms with Gasteiger partial charge in [-0.05, 0) is 61.7 Å². The minimum absolute atomic E-state index is 0.0290. The Morgan fingerprint density at radius 2 is 1.45 bits per heavy atom. The van der Waals surface area contributed by atoms with Gasteiger partial charge in [-0.2, -0.15) is 5.26 Å². The highest BCUT2D eigenvalue weighted by atomic mass is 28.4. The predicted octanol–water partition coefficient (Wildman–Crippen LogP) is 7.87. The summed E-state index contributed by atoms with van der Waals surface area (Å²) < 4.78 is 21.1. The monoisotopic (exact) mass is 553 g/mol. The maximum absolute atomic E-state index is 13.3. The van der Waals surface area contributed by atoms with Crippen molar-refractivity contribution in [3.05, 3.63) is 48.0 Å². The van der Waals surface area contributed by atoms with Crippen molar-refractivity contribution in [2.45, 2.75) is 115 Å². The first kappa shape index (κ1) is 29.3. The van der Waals surface area contributed by atoms with Crippen molar-refractivity contribution in [3.63, 3.8) is 0 Å². The minimum Gasteiger partial charge on any atom is -0.458 e. The zero-order chi connectivity index (χ0) is 28.8. The standard InChI is InChI=1S/C31H47NO4Si2/c1-26(2,3)37(9,10)35-30-18-19-31(36-38(11,12)27(4,5)6)28(7,21-32)24(30)23(20-29(30,31)8)34-25(33)22-16-14-13-15-17-22/h13-19,23-24H,20H2,1-12H3. The van der Waals surface area contributed by atoms with Gasteiger partial charge >= 0.3 is 5.97 Å². The fourth-order valence-corrected chi connectivity index (χ4v) is 10.1. The van der Waals surface area contributed by atoms with E-state index in [0.717, 1.165) is 0 Å². The highest BCUT2D eigenvalue weighted by Gasteiger charge is 2.89. The van der Waals surface area contributed by atoms with Gasteiger partial charge in [-0.25, -0.2) is 4.79 Å². The summed E-state index contributed by atoms with van der Waals surface area (Å²) in [6, 6.07) is 11.8. The number of hydrogen-bond donors (Lipinski definition) is 0. The summed E-state index contributed by atoms with van der Waals surface area (Å²) in [6.45, 7) is 26.7. The van der Waals surface area contributed by atoms with Crippen LogP contribution in [0.25, 0.3) is 0 Å². The van der Waals surface area contributed by atoms with Crippen LogP contribution >= 0.6 is 0 Å². The van der Waals surface area contributed by atoms with Crippen molar-refractivity contribution in [2.75, 3.05) is 0 Å². The Morgan fingerprint density at radius 3 is 1.95 bits per heavy atom. The Labute approximate surface area is 232 Å². The van der Waals surface area contributed by atoms with E-state index in [-0.39, 0.29) is 22.0 Å². The van der Waals surface area contributed by atoms with E-state index in [4.69, 9.17) is 13.6 Å². The van der Waals surface area contributed by atoms with E-state index in [9.17, 15) is 10.1 Å². The van der Waals surface area contributed by atoms with Gasteiger partial charge in [-0.1, -0.05) is 78.8 Å². The number of rotatable bonds is 6. The quantitative estimate of drug-likeness (QED) is 0.204. The van der Waals surface area contributed by atoms with Gasteiger partial charge in [-0.15, -0.1) is 0 Å². The average Bonchev–Trinajstić information content (AvgIpc) is 3.20. The Balaban J connectivity index is 1.88. The normalized spacial score (nSPS) is 36.4. The number of esters is 1. The molecule has 3 aliphatic carbocycles. The number of nitrogens with zero attached hydrogens (tertiary/aromatic N) is 1. The molecule has 0 radical (unpaired) electrons. The van der Waals surface area contributed by atoms with Gasteiger partial charge in [0.05, 0.1) is 22.6 Å². The van der Waals surface area contributed by atoms with Crippen molar-refractivity contribution >= 4 is 22.6 Å². The first-order valence-corrected chi connectivity index (χ1v) is 19.7. The molecule has 4 bridgehead atoms. The van der Waals surface area contributed by atoms with Crippen LogP contribution in [0.2, 0.25) is 36.3 Å². The molecule has 7 heteroatoms. The molecule has 0 N–H and O–H groups in total. The number of nitriles is 1. The second-order valence-electron chi connectivity index (χ2n) is 15.2. The van der Waals surface area contributed by atoms with Gasteiger partial charge in [0.25, 0.3) is 0 Å². The molecule has 208 valence electrons. The lowest BCUT2D eigenvalue weighted by atomic mass is 9.59. The molecule has 6 unspecified atom stereocenters. The summed E-state index contributed by atoms with van der Waals surface area (Å²) in [5.74, 6) is -0.699. The molecule has 6 atom stereocenters. The molecule has 38 heavy (non-hydrogen) atoms. The predicted molar refractivity (Wildman–Crippen MR) is 157 cm³/mol. The summed E-state index contributed by atoms with van der Waals surface area (Å²) in [5.41, 5.74) is -2.58. The van der Waals surface area contributed by atoms with Crippen LogP contribution in [0.1, 0.15) is 72.2 Å². The molecule has 0 aromatic heterocycles. The first-order valence-electron chi connectivity index (χ1n) is 13.9. The van der Waals surface area contributed by atoms with Crippen LogP contribution in [-0.2, 0) is 13.6 Å². The molecule has 3 aliphatic rings. The van der Waals surface area contributed by atoms with Gasteiger partial charge in [0.2, 0.25) is 0 Å². The largest absolute Gasteiger partial charge is 0.458 e. The van der Waals surface area contributed by atoms with Crippen LogP contribution < -0.4 is 0 Å². The third kappa shape index (κ3) is 3.63. The molecule has 0 spiro atoms. The molecule has 2 saturated carbocycles. The summed E-state index contributed by atoms with van der Waals surface area (Å²) >= 11 is 0. The third-order valence-electron chi connectivity index (χ3n) is 11.0. The van der Waals surface area contributed by atoms with Crippen LogP contribution in [0.15, 0.2) is 42.5 Å².